The van der Waals surface area contributed by atoms with Gasteiger partial charge in [-0.1, -0.05) is 12.1 Å². The Balaban J connectivity index is 1.55. The smallest absolute Gasteiger partial charge is 0.242 e. The molecule has 24 heavy (non-hydrogen) atoms. The SMILES string of the molecule is Cc1ccc(C)c(OC2CCN(C(=O)C3(N)CCOCC3)CC2)c1. The van der Waals surface area contributed by atoms with Gasteiger partial charge in [-0.2, -0.15) is 0 Å². The lowest BCUT2D eigenvalue weighted by Gasteiger charge is -2.39. The molecule has 0 unspecified atom stereocenters. The molecule has 1 aromatic rings. The molecule has 2 heterocycles. The van der Waals surface area contributed by atoms with Crippen LogP contribution in [-0.2, 0) is 9.53 Å². The maximum absolute atomic E-state index is 12.7. The quantitative estimate of drug-likeness (QED) is 0.921. The molecule has 0 spiro atoms. The van der Waals surface area contributed by atoms with Crippen LogP contribution >= 0.6 is 0 Å². The van der Waals surface area contributed by atoms with Gasteiger partial charge >= 0.3 is 0 Å². The van der Waals surface area contributed by atoms with Crippen LogP contribution in [0.15, 0.2) is 18.2 Å². The highest BCUT2D eigenvalue weighted by molar-refractivity contribution is 5.86. The highest BCUT2D eigenvalue weighted by Gasteiger charge is 2.40. The molecule has 3 rings (SSSR count). The van der Waals surface area contributed by atoms with E-state index in [0.29, 0.717) is 39.1 Å². The zero-order valence-electron chi connectivity index (χ0n) is 14.7. The molecule has 0 radical (unpaired) electrons. The van der Waals surface area contributed by atoms with Crippen molar-refractivity contribution in [3.63, 3.8) is 0 Å². The number of hydrogen-bond donors (Lipinski definition) is 1. The van der Waals surface area contributed by atoms with Crippen molar-refractivity contribution in [1.29, 1.82) is 0 Å². The van der Waals surface area contributed by atoms with Crippen LogP contribution in [0, 0.1) is 13.8 Å². The van der Waals surface area contributed by atoms with Crippen molar-refractivity contribution < 1.29 is 14.3 Å². The summed E-state index contributed by atoms with van der Waals surface area (Å²) in [6.45, 7) is 6.73. The number of carbonyl (C=O) groups excluding carboxylic acids is 1. The molecular weight excluding hydrogens is 304 g/mol. The molecule has 2 N–H and O–H groups in total. The molecule has 0 aliphatic carbocycles. The zero-order chi connectivity index (χ0) is 17.2. The molecule has 2 saturated heterocycles. The molecule has 0 bridgehead atoms. The molecule has 5 nitrogen and oxygen atoms in total. The molecule has 0 aromatic heterocycles. The fraction of sp³-hybridized carbons (Fsp3) is 0.632. The third-order valence-corrected chi connectivity index (χ3v) is 5.18. The van der Waals surface area contributed by atoms with Crippen molar-refractivity contribution >= 4 is 5.91 Å². The van der Waals surface area contributed by atoms with Gasteiger partial charge in [0.25, 0.3) is 0 Å². The normalized spacial score (nSPS) is 21.5. The number of ether oxygens (including phenoxy) is 2. The summed E-state index contributed by atoms with van der Waals surface area (Å²) in [6, 6.07) is 6.27. The Labute approximate surface area is 144 Å². The predicted octanol–water partition coefficient (Wildman–Crippen LogP) is 2.18. The zero-order valence-corrected chi connectivity index (χ0v) is 14.7. The largest absolute Gasteiger partial charge is 0.490 e. The van der Waals surface area contributed by atoms with Gasteiger partial charge < -0.3 is 20.1 Å². The van der Waals surface area contributed by atoms with Crippen LogP contribution in [0.2, 0.25) is 0 Å². The van der Waals surface area contributed by atoms with E-state index in [0.717, 1.165) is 24.2 Å². The minimum atomic E-state index is -0.737. The monoisotopic (exact) mass is 332 g/mol. The van der Waals surface area contributed by atoms with E-state index in [2.05, 4.69) is 32.0 Å². The van der Waals surface area contributed by atoms with E-state index in [1.807, 2.05) is 4.90 Å². The first kappa shape index (κ1) is 17.2. The van der Waals surface area contributed by atoms with Crippen LogP contribution in [-0.4, -0.2) is 48.8 Å². The standard InChI is InChI=1S/C19H28N2O3/c1-14-3-4-15(2)17(13-14)24-16-5-9-21(10-6-16)18(22)19(20)7-11-23-12-8-19/h3-4,13,16H,5-12,20H2,1-2H3. The van der Waals surface area contributed by atoms with Gasteiger partial charge in [-0.15, -0.1) is 0 Å². The van der Waals surface area contributed by atoms with Gasteiger partial charge in [0.15, 0.2) is 0 Å². The summed E-state index contributed by atoms with van der Waals surface area (Å²) < 4.78 is 11.5. The summed E-state index contributed by atoms with van der Waals surface area (Å²) in [6.07, 6.45) is 3.10. The first-order valence-electron chi connectivity index (χ1n) is 8.88. The Morgan fingerprint density at radius 3 is 2.58 bits per heavy atom. The van der Waals surface area contributed by atoms with E-state index in [4.69, 9.17) is 15.2 Å². The van der Waals surface area contributed by atoms with Crippen LogP contribution in [0.3, 0.4) is 0 Å². The molecule has 2 aliphatic heterocycles. The van der Waals surface area contributed by atoms with Gasteiger partial charge in [-0.25, -0.2) is 0 Å². The van der Waals surface area contributed by atoms with Crippen molar-refractivity contribution in [3.05, 3.63) is 29.3 Å². The van der Waals surface area contributed by atoms with E-state index < -0.39 is 5.54 Å². The van der Waals surface area contributed by atoms with Crippen LogP contribution in [0.1, 0.15) is 36.8 Å². The van der Waals surface area contributed by atoms with Crippen molar-refractivity contribution in [2.45, 2.75) is 51.2 Å². The highest BCUT2D eigenvalue weighted by Crippen LogP contribution is 2.26. The molecule has 1 amide bonds. The number of nitrogens with two attached hydrogens (primary N) is 1. The van der Waals surface area contributed by atoms with Crippen molar-refractivity contribution in [1.82, 2.24) is 4.90 Å². The second-order valence-electron chi connectivity index (χ2n) is 7.15. The molecule has 132 valence electrons. The Hall–Kier alpha value is -1.59. The van der Waals surface area contributed by atoms with Crippen molar-refractivity contribution in [3.8, 4) is 5.75 Å². The van der Waals surface area contributed by atoms with Crippen LogP contribution < -0.4 is 10.5 Å². The number of piperidine rings is 1. The number of hydrogen-bond acceptors (Lipinski definition) is 4. The van der Waals surface area contributed by atoms with E-state index in [9.17, 15) is 4.79 Å². The summed E-state index contributed by atoms with van der Waals surface area (Å²) in [5.74, 6) is 1.04. The van der Waals surface area contributed by atoms with Gasteiger partial charge in [0.1, 0.15) is 11.9 Å². The molecular formula is C19H28N2O3. The van der Waals surface area contributed by atoms with Crippen LogP contribution in [0.4, 0.5) is 0 Å². The lowest BCUT2D eigenvalue weighted by atomic mass is 9.89. The Bertz CT molecular complexity index is 588. The van der Waals surface area contributed by atoms with Crippen LogP contribution in [0.5, 0.6) is 5.75 Å². The topological polar surface area (TPSA) is 64.8 Å². The first-order chi connectivity index (χ1) is 11.5. The van der Waals surface area contributed by atoms with Gasteiger partial charge in [0, 0.05) is 39.1 Å². The average molecular weight is 332 g/mol. The summed E-state index contributed by atoms with van der Waals surface area (Å²) in [5, 5.41) is 0. The van der Waals surface area contributed by atoms with Gasteiger partial charge in [-0.05, 0) is 43.9 Å². The van der Waals surface area contributed by atoms with E-state index in [1.54, 1.807) is 0 Å². The number of benzene rings is 1. The Morgan fingerprint density at radius 1 is 1.25 bits per heavy atom. The number of likely N-dealkylation sites (tertiary alicyclic amines) is 1. The second kappa shape index (κ2) is 7.11. The molecule has 1 aromatic carbocycles. The molecule has 0 saturated carbocycles. The number of nitrogens with zero attached hydrogens (tertiary/aromatic N) is 1. The maximum Gasteiger partial charge on any atom is 0.242 e. The third kappa shape index (κ3) is 3.73. The second-order valence-corrected chi connectivity index (χ2v) is 7.15. The van der Waals surface area contributed by atoms with Crippen molar-refractivity contribution in [2.24, 2.45) is 5.73 Å². The van der Waals surface area contributed by atoms with Crippen molar-refractivity contribution in [2.75, 3.05) is 26.3 Å². The molecule has 2 fully saturated rings. The average Bonchev–Trinajstić information content (AvgIpc) is 2.59. The van der Waals surface area contributed by atoms with Gasteiger partial charge in [0.05, 0.1) is 5.54 Å². The van der Waals surface area contributed by atoms with E-state index in [-0.39, 0.29) is 12.0 Å². The number of amides is 1. The minimum Gasteiger partial charge on any atom is -0.490 e. The summed E-state index contributed by atoms with van der Waals surface area (Å²) in [4.78, 5) is 14.7. The fourth-order valence-corrected chi connectivity index (χ4v) is 3.45. The van der Waals surface area contributed by atoms with E-state index in [1.165, 1.54) is 5.56 Å². The van der Waals surface area contributed by atoms with Gasteiger partial charge in [0.2, 0.25) is 5.91 Å². The maximum atomic E-state index is 12.7. The summed E-state index contributed by atoms with van der Waals surface area (Å²) in [5.41, 5.74) is 7.95. The highest BCUT2D eigenvalue weighted by atomic mass is 16.5. The first-order valence-corrected chi connectivity index (χ1v) is 8.88. The lowest BCUT2D eigenvalue weighted by molar-refractivity contribution is -0.142. The molecule has 5 heteroatoms. The Morgan fingerprint density at radius 2 is 1.92 bits per heavy atom. The molecule has 2 aliphatic rings. The van der Waals surface area contributed by atoms with E-state index >= 15 is 0 Å². The molecule has 0 atom stereocenters. The van der Waals surface area contributed by atoms with Gasteiger partial charge in [-0.3, -0.25) is 4.79 Å². The fourth-order valence-electron chi connectivity index (χ4n) is 3.45. The minimum absolute atomic E-state index is 0.0796. The number of rotatable bonds is 3. The number of aryl methyl sites for hydroxylation is 2. The predicted molar refractivity (Wildman–Crippen MR) is 93.1 cm³/mol. The van der Waals surface area contributed by atoms with Crippen LogP contribution in [0.25, 0.3) is 0 Å². The number of carbonyl (C=O) groups is 1. The summed E-state index contributed by atoms with van der Waals surface area (Å²) in [7, 11) is 0. The summed E-state index contributed by atoms with van der Waals surface area (Å²) >= 11 is 0. The third-order valence-electron chi connectivity index (χ3n) is 5.18. The Kier molecular flexibility index (Phi) is 5.11. The lowest BCUT2D eigenvalue weighted by Crippen LogP contribution is -2.59.